The van der Waals surface area contributed by atoms with Gasteiger partial charge >= 0.3 is 5.95 Å². The summed E-state index contributed by atoms with van der Waals surface area (Å²) in [6.07, 6.45) is 4.49. The van der Waals surface area contributed by atoms with E-state index in [0.717, 1.165) is 8.95 Å². The molecule has 0 aliphatic rings. The van der Waals surface area contributed by atoms with E-state index < -0.39 is 4.92 Å². The summed E-state index contributed by atoms with van der Waals surface area (Å²) in [7, 11) is 0. The number of aliphatic imine (C=N–C) groups is 1. The number of oxazole rings is 1. The van der Waals surface area contributed by atoms with Crippen molar-refractivity contribution in [1.82, 2.24) is 4.98 Å². The maximum Gasteiger partial charge on any atom is 0.312 e. The summed E-state index contributed by atoms with van der Waals surface area (Å²) in [6, 6.07) is 11.6. The van der Waals surface area contributed by atoms with Crippen LogP contribution in [0.15, 0.2) is 60.8 Å². The first-order valence-electron chi connectivity index (χ1n) is 7.54. The normalized spacial score (nSPS) is 11.5. The highest BCUT2D eigenvalue weighted by molar-refractivity contribution is 9.11. The third-order valence-electron chi connectivity index (χ3n) is 3.39. The van der Waals surface area contributed by atoms with Crippen LogP contribution in [0.25, 0.3) is 12.2 Å². The second kappa shape index (κ2) is 8.28. The van der Waals surface area contributed by atoms with Gasteiger partial charge in [-0.15, -0.1) is 0 Å². The second-order valence-electron chi connectivity index (χ2n) is 5.28. The molecule has 2 aromatic carbocycles. The van der Waals surface area contributed by atoms with Crippen LogP contribution in [0.5, 0.6) is 5.95 Å². The number of nitro groups is 1. The Morgan fingerprint density at radius 1 is 1.19 bits per heavy atom. The van der Waals surface area contributed by atoms with Crippen LogP contribution in [0.3, 0.4) is 0 Å². The van der Waals surface area contributed by atoms with Crippen LogP contribution in [-0.4, -0.2) is 21.2 Å². The summed E-state index contributed by atoms with van der Waals surface area (Å²) >= 11 is 6.76. The lowest BCUT2D eigenvalue weighted by molar-refractivity contribution is -0.384. The molecule has 27 heavy (non-hydrogen) atoms. The van der Waals surface area contributed by atoms with Gasteiger partial charge in [0.05, 0.1) is 16.8 Å². The summed E-state index contributed by atoms with van der Waals surface area (Å²) in [4.78, 5) is 18.7. The van der Waals surface area contributed by atoms with Crippen LogP contribution in [0.4, 0.5) is 11.4 Å². The highest BCUT2D eigenvalue weighted by Crippen LogP contribution is 2.29. The largest absolute Gasteiger partial charge is 0.479 e. The van der Waals surface area contributed by atoms with E-state index in [-0.39, 0.29) is 23.2 Å². The summed E-state index contributed by atoms with van der Waals surface area (Å²) in [5.74, 6) is -0.221. The molecular weight excluding hydrogens is 482 g/mol. The molecule has 0 unspecified atom stereocenters. The van der Waals surface area contributed by atoms with Gasteiger partial charge in [0.15, 0.2) is 5.69 Å². The van der Waals surface area contributed by atoms with E-state index in [0.29, 0.717) is 11.3 Å². The fraction of sp³-hybridized carbons (Fsp3) is 0. The standard InChI is InChI=1S/C18H11Br2N3O4/c19-12-5-6-15(14(20)9-12)21-10-16-18(24)27-17(22-16)7-4-11-2-1-3-13(8-11)23(25)26/h1-10,24H/b7-4+,21-10?. The lowest BCUT2D eigenvalue weighted by Gasteiger charge is -1.97. The van der Waals surface area contributed by atoms with Gasteiger partial charge in [-0.25, -0.2) is 4.98 Å². The Bertz CT molecular complexity index is 1060. The molecule has 0 aliphatic heterocycles. The van der Waals surface area contributed by atoms with Gasteiger partial charge in [0.25, 0.3) is 5.69 Å². The first-order valence-corrected chi connectivity index (χ1v) is 9.12. The van der Waals surface area contributed by atoms with Crippen molar-refractivity contribution in [3.8, 4) is 5.95 Å². The molecule has 0 saturated heterocycles. The first kappa shape index (κ1) is 19.0. The molecule has 0 spiro atoms. The quantitative estimate of drug-likeness (QED) is 0.278. The number of halogens is 2. The van der Waals surface area contributed by atoms with Crippen molar-refractivity contribution in [2.75, 3.05) is 0 Å². The lowest BCUT2D eigenvalue weighted by Crippen LogP contribution is -1.87. The highest BCUT2D eigenvalue weighted by Gasteiger charge is 2.09. The van der Waals surface area contributed by atoms with E-state index in [1.54, 1.807) is 24.3 Å². The number of aromatic nitrogens is 1. The van der Waals surface area contributed by atoms with Gasteiger partial charge in [0, 0.05) is 27.2 Å². The van der Waals surface area contributed by atoms with Crippen LogP contribution in [-0.2, 0) is 0 Å². The molecule has 1 N–H and O–H groups in total. The van der Waals surface area contributed by atoms with Gasteiger partial charge in [0.2, 0.25) is 5.89 Å². The van der Waals surface area contributed by atoms with Gasteiger partial charge < -0.3 is 9.52 Å². The van der Waals surface area contributed by atoms with Gasteiger partial charge in [-0.3, -0.25) is 15.1 Å². The van der Waals surface area contributed by atoms with Crippen molar-refractivity contribution < 1.29 is 14.4 Å². The second-order valence-corrected chi connectivity index (χ2v) is 7.05. The van der Waals surface area contributed by atoms with Gasteiger partial charge in [-0.2, -0.15) is 0 Å². The average molecular weight is 493 g/mol. The predicted molar refractivity (Wildman–Crippen MR) is 109 cm³/mol. The van der Waals surface area contributed by atoms with E-state index in [2.05, 4.69) is 41.8 Å². The van der Waals surface area contributed by atoms with Crippen molar-refractivity contribution >= 4 is 61.6 Å². The number of hydrogen-bond donors (Lipinski definition) is 1. The highest BCUT2D eigenvalue weighted by atomic mass is 79.9. The smallest absolute Gasteiger partial charge is 0.312 e. The van der Waals surface area contributed by atoms with E-state index >= 15 is 0 Å². The third kappa shape index (κ3) is 4.89. The van der Waals surface area contributed by atoms with Gasteiger partial charge in [0.1, 0.15) is 0 Å². The fourth-order valence-corrected chi connectivity index (χ4v) is 3.27. The molecule has 0 radical (unpaired) electrons. The van der Waals surface area contributed by atoms with Crippen molar-refractivity contribution in [3.05, 3.63) is 78.7 Å². The minimum atomic E-state index is -0.469. The number of nitrogens with zero attached hydrogens (tertiary/aromatic N) is 3. The van der Waals surface area contributed by atoms with Crippen molar-refractivity contribution in [2.45, 2.75) is 0 Å². The molecule has 0 saturated carbocycles. The Hall–Kier alpha value is -2.78. The summed E-state index contributed by atoms with van der Waals surface area (Å²) in [5, 5.41) is 20.7. The molecule has 9 heteroatoms. The van der Waals surface area contributed by atoms with Crippen LogP contribution in [0, 0.1) is 10.1 Å². The Morgan fingerprint density at radius 3 is 2.74 bits per heavy atom. The number of rotatable bonds is 5. The monoisotopic (exact) mass is 491 g/mol. The maximum atomic E-state index is 10.8. The summed E-state index contributed by atoms with van der Waals surface area (Å²) in [5.41, 5.74) is 1.42. The van der Waals surface area contributed by atoms with E-state index in [1.807, 2.05) is 12.1 Å². The molecule has 3 aromatic rings. The van der Waals surface area contributed by atoms with Gasteiger partial charge in [-0.1, -0.05) is 28.1 Å². The molecule has 0 aliphatic carbocycles. The molecule has 0 amide bonds. The predicted octanol–water partition coefficient (Wildman–Crippen LogP) is 5.73. The number of non-ortho nitro benzene ring substituents is 1. The van der Waals surface area contributed by atoms with Crippen molar-refractivity contribution in [1.29, 1.82) is 0 Å². The maximum absolute atomic E-state index is 10.8. The molecule has 0 atom stereocenters. The van der Waals surface area contributed by atoms with Crippen molar-refractivity contribution in [3.63, 3.8) is 0 Å². The summed E-state index contributed by atoms with van der Waals surface area (Å²) in [6.45, 7) is 0. The zero-order valence-electron chi connectivity index (χ0n) is 13.5. The molecule has 0 fully saturated rings. The molecule has 7 nitrogen and oxygen atoms in total. The molecule has 136 valence electrons. The number of benzene rings is 2. The van der Waals surface area contributed by atoms with E-state index in [1.165, 1.54) is 24.4 Å². The zero-order chi connectivity index (χ0) is 19.4. The van der Waals surface area contributed by atoms with E-state index in [9.17, 15) is 15.2 Å². The minimum Gasteiger partial charge on any atom is -0.479 e. The Morgan fingerprint density at radius 2 is 2.00 bits per heavy atom. The number of nitro benzene ring substituents is 1. The van der Waals surface area contributed by atoms with E-state index in [4.69, 9.17) is 4.42 Å². The first-order chi connectivity index (χ1) is 12.9. The Labute approximate surface area is 170 Å². The Balaban J connectivity index is 1.79. The van der Waals surface area contributed by atoms with Crippen LogP contribution >= 0.6 is 31.9 Å². The fourth-order valence-electron chi connectivity index (χ4n) is 2.12. The number of hydrogen-bond acceptors (Lipinski definition) is 6. The van der Waals surface area contributed by atoms with Crippen LogP contribution < -0.4 is 0 Å². The molecule has 0 bridgehead atoms. The summed E-state index contributed by atoms with van der Waals surface area (Å²) < 4.78 is 6.85. The van der Waals surface area contributed by atoms with Gasteiger partial charge in [-0.05, 0) is 45.8 Å². The molecular formula is C18H11Br2N3O4. The van der Waals surface area contributed by atoms with Crippen LogP contribution in [0.1, 0.15) is 17.1 Å². The zero-order valence-corrected chi connectivity index (χ0v) is 16.7. The SMILES string of the molecule is O=[N+]([O-])c1cccc(/C=C/c2nc(C=Nc3ccc(Br)cc3Br)c(O)o2)c1. The van der Waals surface area contributed by atoms with Crippen LogP contribution in [0.2, 0.25) is 0 Å². The molecule has 3 rings (SSSR count). The Kier molecular flexibility index (Phi) is 5.82. The average Bonchev–Trinajstić information content (AvgIpc) is 2.99. The lowest BCUT2D eigenvalue weighted by atomic mass is 10.2. The minimum absolute atomic E-state index is 0.0136. The number of aromatic hydroxyl groups is 1. The van der Waals surface area contributed by atoms with Crippen molar-refractivity contribution in [2.24, 2.45) is 4.99 Å². The topological polar surface area (TPSA) is 102 Å². The third-order valence-corrected chi connectivity index (χ3v) is 4.51. The molecule has 1 heterocycles. The molecule has 1 aromatic heterocycles.